The largest absolute Gasteiger partial charge is 0.484 e. The van der Waals surface area contributed by atoms with E-state index in [1.807, 2.05) is 19.1 Å². The molecule has 2 aromatic rings. The molecule has 0 aliphatic heterocycles. The van der Waals surface area contributed by atoms with Crippen molar-refractivity contribution in [2.75, 3.05) is 13.7 Å². The highest BCUT2D eigenvalue weighted by molar-refractivity contribution is 5.77. The Balaban J connectivity index is 1.90. The molecule has 23 heavy (non-hydrogen) atoms. The van der Waals surface area contributed by atoms with Gasteiger partial charge in [-0.1, -0.05) is 23.8 Å². The highest BCUT2D eigenvalue weighted by Gasteiger charge is 2.11. The van der Waals surface area contributed by atoms with Crippen LogP contribution in [0.4, 0.5) is 0 Å². The van der Waals surface area contributed by atoms with Gasteiger partial charge in [0, 0.05) is 13.6 Å². The second-order valence-corrected chi connectivity index (χ2v) is 5.60. The number of amides is 1. The first-order valence-corrected chi connectivity index (χ1v) is 7.42. The van der Waals surface area contributed by atoms with Crippen LogP contribution in [-0.4, -0.2) is 24.5 Å². The molecule has 2 rings (SSSR count). The van der Waals surface area contributed by atoms with Gasteiger partial charge < -0.3 is 9.64 Å². The molecule has 0 atom stereocenters. The number of hydrogen-bond donors (Lipinski definition) is 0. The summed E-state index contributed by atoms with van der Waals surface area (Å²) in [5.74, 6) is 0.492. The van der Waals surface area contributed by atoms with E-state index in [2.05, 4.69) is 19.1 Å². The van der Waals surface area contributed by atoms with Gasteiger partial charge in [0.1, 0.15) is 5.75 Å². The molecular formula is C19H20N2O2. The topological polar surface area (TPSA) is 53.3 Å². The Kier molecular flexibility index (Phi) is 5.37. The second-order valence-electron chi connectivity index (χ2n) is 5.60. The summed E-state index contributed by atoms with van der Waals surface area (Å²) >= 11 is 0. The van der Waals surface area contributed by atoms with Gasteiger partial charge in [-0.15, -0.1) is 0 Å². The third kappa shape index (κ3) is 4.58. The van der Waals surface area contributed by atoms with Crippen molar-refractivity contribution in [2.45, 2.75) is 20.4 Å². The highest BCUT2D eigenvalue weighted by Crippen LogP contribution is 2.14. The van der Waals surface area contributed by atoms with Crippen molar-refractivity contribution in [1.82, 2.24) is 4.90 Å². The predicted molar refractivity (Wildman–Crippen MR) is 89.0 cm³/mol. The zero-order chi connectivity index (χ0) is 16.8. The van der Waals surface area contributed by atoms with Crippen LogP contribution in [0.2, 0.25) is 0 Å². The number of carbonyl (C=O) groups excluding carboxylic acids is 1. The van der Waals surface area contributed by atoms with E-state index < -0.39 is 0 Å². The molecule has 4 nitrogen and oxygen atoms in total. The number of ether oxygens (including phenoxy) is 1. The Morgan fingerprint density at radius 1 is 1.17 bits per heavy atom. The second kappa shape index (κ2) is 7.46. The molecule has 1 amide bonds. The predicted octanol–water partition coefficient (Wildman–Crippen LogP) is 3.21. The molecule has 0 saturated heterocycles. The maximum Gasteiger partial charge on any atom is 0.260 e. The molecule has 0 unspecified atom stereocenters. The Morgan fingerprint density at radius 3 is 2.48 bits per heavy atom. The number of carbonyl (C=O) groups is 1. The smallest absolute Gasteiger partial charge is 0.260 e. The van der Waals surface area contributed by atoms with E-state index in [-0.39, 0.29) is 12.5 Å². The van der Waals surface area contributed by atoms with E-state index in [0.717, 1.165) is 5.56 Å². The lowest BCUT2D eigenvalue weighted by molar-refractivity contribution is -0.132. The number of likely N-dealkylation sites (N-methyl/N-ethyl adjacent to an activating group) is 1. The standard InChI is InChI=1S/C19H20N2O2/c1-14-4-7-17(15(2)10-14)12-21(3)19(22)13-23-18-8-5-16(11-20)6-9-18/h4-10H,12-13H2,1-3H3. The first-order chi connectivity index (χ1) is 11.0. The summed E-state index contributed by atoms with van der Waals surface area (Å²) in [6.07, 6.45) is 0. The maximum atomic E-state index is 12.2. The summed E-state index contributed by atoms with van der Waals surface area (Å²) in [7, 11) is 1.77. The first-order valence-electron chi connectivity index (χ1n) is 7.42. The van der Waals surface area contributed by atoms with Gasteiger partial charge in [-0.25, -0.2) is 0 Å². The Hall–Kier alpha value is -2.80. The third-order valence-electron chi connectivity index (χ3n) is 3.68. The van der Waals surface area contributed by atoms with E-state index in [4.69, 9.17) is 10.00 Å². The average Bonchev–Trinajstić information content (AvgIpc) is 2.55. The number of nitrogens with zero attached hydrogens (tertiary/aromatic N) is 2. The minimum Gasteiger partial charge on any atom is -0.484 e. The molecule has 0 saturated carbocycles. The number of hydrogen-bond acceptors (Lipinski definition) is 3. The fourth-order valence-electron chi connectivity index (χ4n) is 2.25. The van der Waals surface area contributed by atoms with Gasteiger partial charge in [-0.2, -0.15) is 5.26 Å². The summed E-state index contributed by atoms with van der Waals surface area (Å²) in [5.41, 5.74) is 4.09. The van der Waals surface area contributed by atoms with Gasteiger partial charge in [-0.05, 0) is 49.2 Å². The van der Waals surface area contributed by atoms with Gasteiger partial charge in [0.25, 0.3) is 5.91 Å². The molecule has 4 heteroatoms. The molecule has 0 N–H and O–H groups in total. The van der Waals surface area contributed by atoms with Gasteiger partial charge in [0.05, 0.1) is 11.6 Å². The van der Waals surface area contributed by atoms with Crippen molar-refractivity contribution in [1.29, 1.82) is 5.26 Å². The van der Waals surface area contributed by atoms with Crippen LogP contribution in [0.5, 0.6) is 5.75 Å². The Labute approximate surface area is 136 Å². The molecule has 0 aliphatic carbocycles. The lowest BCUT2D eigenvalue weighted by Gasteiger charge is -2.19. The van der Waals surface area contributed by atoms with Crippen LogP contribution in [-0.2, 0) is 11.3 Å². The first kappa shape index (κ1) is 16.6. The normalized spacial score (nSPS) is 10.0. The van der Waals surface area contributed by atoms with Crippen molar-refractivity contribution in [3.8, 4) is 11.8 Å². The van der Waals surface area contributed by atoms with Crippen molar-refractivity contribution in [2.24, 2.45) is 0 Å². The molecule has 0 aromatic heterocycles. The van der Waals surface area contributed by atoms with E-state index in [1.54, 1.807) is 36.2 Å². The quantitative estimate of drug-likeness (QED) is 0.852. The van der Waals surface area contributed by atoms with Gasteiger partial charge >= 0.3 is 0 Å². The van der Waals surface area contributed by atoms with Gasteiger partial charge in [0.2, 0.25) is 0 Å². The van der Waals surface area contributed by atoms with Crippen LogP contribution in [0, 0.1) is 25.2 Å². The number of nitriles is 1. The van der Waals surface area contributed by atoms with Crippen LogP contribution >= 0.6 is 0 Å². The van der Waals surface area contributed by atoms with Crippen LogP contribution < -0.4 is 4.74 Å². The molecule has 118 valence electrons. The molecule has 0 radical (unpaired) electrons. The van der Waals surface area contributed by atoms with Crippen LogP contribution in [0.1, 0.15) is 22.3 Å². The molecule has 0 heterocycles. The molecule has 0 fully saturated rings. The lowest BCUT2D eigenvalue weighted by atomic mass is 10.1. The average molecular weight is 308 g/mol. The minimum absolute atomic E-state index is 0.0205. The van der Waals surface area contributed by atoms with Crippen molar-refractivity contribution >= 4 is 5.91 Å². The summed E-state index contributed by atoms with van der Waals surface area (Å²) in [4.78, 5) is 13.8. The van der Waals surface area contributed by atoms with Crippen LogP contribution in [0.25, 0.3) is 0 Å². The number of aryl methyl sites for hydroxylation is 2. The molecule has 0 aliphatic rings. The van der Waals surface area contributed by atoms with Crippen molar-refractivity contribution in [3.63, 3.8) is 0 Å². The number of rotatable bonds is 5. The fourth-order valence-corrected chi connectivity index (χ4v) is 2.25. The van der Waals surface area contributed by atoms with E-state index >= 15 is 0 Å². The van der Waals surface area contributed by atoms with Crippen molar-refractivity contribution < 1.29 is 9.53 Å². The van der Waals surface area contributed by atoms with Crippen LogP contribution in [0.3, 0.4) is 0 Å². The van der Waals surface area contributed by atoms with Gasteiger partial charge in [0.15, 0.2) is 6.61 Å². The Bertz CT molecular complexity index is 730. The monoisotopic (exact) mass is 308 g/mol. The summed E-state index contributed by atoms with van der Waals surface area (Å²) in [5, 5.41) is 8.75. The van der Waals surface area contributed by atoms with Crippen molar-refractivity contribution in [3.05, 3.63) is 64.7 Å². The summed E-state index contributed by atoms with van der Waals surface area (Å²) < 4.78 is 5.47. The minimum atomic E-state index is -0.0886. The molecule has 0 spiro atoms. The Morgan fingerprint density at radius 2 is 1.87 bits per heavy atom. The summed E-state index contributed by atoms with van der Waals surface area (Å²) in [6.45, 7) is 4.64. The fraction of sp³-hybridized carbons (Fsp3) is 0.263. The lowest BCUT2D eigenvalue weighted by Crippen LogP contribution is -2.31. The summed E-state index contributed by atoms with van der Waals surface area (Å²) in [6, 6.07) is 15.0. The van der Waals surface area contributed by atoms with Gasteiger partial charge in [-0.3, -0.25) is 4.79 Å². The zero-order valence-corrected chi connectivity index (χ0v) is 13.7. The molecular weight excluding hydrogens is 288 g/mol. The van der Waals surface area contributed by atoms with E-state index in [0.29, 0.717) is 17.9 Å². The third-order valence-corrected chi connectivity index (χ3v) is 3.68. The SMILES string of the molecule is Cc1ccc(CN(C)C(=O)COc2ccc(C#N)cc2)c(C)c1. The molecule has 0 bridgehead atoms. The van der Waals surface area contributed by atoms with E-state index in [1.165, 1.54) is 11.1 Å². The van der Waals surface area contributed by atoms with E-state index in [9.17, 15) is 4.79 Å². The van der Waals surface area contributed by atoms with Crippen LogP contribution in [0.15, 0.2) is 42.5 Å². The highest BCUT2D eigenvalue weighted by atomic mass is 16.5. The number of benzene rings is 2. The maximum absolute atomic E-state index is 12.2. The molecule has 2 aromatic carbocycles. The zero-order valence-electron chi connectivity index (χ0n) is 13.7.